The third-order valence-corrected chi connectivity index (χ3v) is 8.18. The Morgan fingerprint density at radius 3 is 2.71 bits per heavy atom. The van der Waals surface area contributed by atoms with Gasteiger partial charge in [0.2, 0.25) is 0 Å². The zero-order valence-electron chi connectivity index (χ0n) is 20.5. The van der Waals surface area contributed by atoms with Crippen LogP contribution in [0.5, 0.6) is 0 Å². The molecule has 4 heterocycles. The van der Waals surface area contributed by atoms with Gasteiger partial charge in [0.05, 0.1) is 24.8 Å². The van der Waals surface area contributed by atoms with Gasteiger partial charge >= 0.3 is 5.97 Å². The summed E-state index contributed by atoms with van der Waals surface area (Å²) in [5.74, 6) is -0.234. The topological polar surface area (TPSA) is 86.8 Å². The fraction of sp³-hybridized carbons (Fsp3) is 0.593. The molecule has 8 heteroatoms. The number of ether oxygens (including phenoxy) is 1. The summed E-state index contributed by atoms with van der Waals surface area (Å²) in [6.45, 7) is 4.99. The Kier molecular flexibility index (Phi) is 6.82. The van der Waals surface area contributed by atoms with Gasteiger partial charge in [-0.05, 0) is 62.8 Å². The number of nitrogens with zero attached hydrogens (tertiary/aromatic N) is 3. The summed E-state index contributed by atoms with van der Waals surface area (Å²) >= 11 is 0. The standard InChI is InChI=1S/C27H35N3O5/c1-2-27-14-10-15-28-16-13-21-20-11-6-7-12-22(20)29(24(21)25(27)28)23(19-27)26(31)34-17-8-4-3-5-9-18-35-30(32)33/h6-7,11-12,19,25H,2-5,8-10,13-18H2,1H3/t25-,27+/m1/s1. The lowest BCUT2D eigenvalue weighted by molar-refractivity contribution is -0.757. The van der Waals surface area contributed by atoms with Crippen LogP contribution in [0.1, 0.15) is 75.6 Å². The summed E-state index contributed by atoms with van der Waals surface area (Å²) in [4.78, 5) is 30.6. The molecule has 1 fully saturated rings. The molecule has 0 N–H and O–H groups in total. The summed E-state index contributed by atoms with van der Waals surface area (Å²) in [6.07, 6.45) is 10.7. The zero-order valence-corrected chi connectivity index (χ0v) is 20.5. The van der Waals surface area contributed by atoms with Crippen LogP contribution in [0.4, 0.5) is 0 Å². The van der Waals surface area contributed by atoms with Crippen LogP contribution in [-0.4, -0.2) is 46.8 Å². The number of piperidine rings is 1. The van der Waals surface area contributed by atoms with E-state index in [4.69, 9.17) is 4.74 Å². The Labute approximate surface area is 206 Å². The maximum absolute atomic E-state index is 13.5. The average Bonchev–Trinajstić information content (AvgIpc) is 3.21. The Balaban J connectivity index is 1.32. The molecule has 1 saturated heterocycles. The maximum Gasteiger partial charge on any atom is 0.355 e. The minimum Gasteiger partial charge on any atom is -0.461 e. The smallest absolute Gasteiger partial charge is 0.355 e. The van der Waals surface area contributed by atoms with E-state index >= 15 is 0 Å². The number of carbonyl (C=O) groups is 1. The predicted octanol–water partition coefficient (Wildman–Crippen LogP) is 5.29. The van der Waals surface area contributed by atoms with Crippen molar-refractivity contribution in [3.63, 3.8) is 0 Å². The van der Waals surface area contributed by atoms with Crippen LogP contribution in [0.3, 0.4) is 0 Å². The number of hydrogen-bond acceptors (Lipinski definition) is 6. The van der Waals surface area contributed by atoms with E-state index in [1.807, 2.05) is 0 Å². The average molecular weight is 482 g/mol. The largest absolute Gasteiger partial charge is 0.461 e. The second kappa shape index (κ2) is 10.0. The monoisotopic (exact) mass is 481 g/mol. The lowest BCUT2D eigenvalue weighted by Gasteiger charge is -2.53. The Morgan fingerprint density at radius 2 is 1.91 bits per heavy atom. The summed E-state index contributed by atoms with van der Waals surface area (Å²) in [7, 11) is 0. The molecule has 35 heavy (non-hydrogen) atoms. The molecular weight excluding hydrogens is 446 g/mol. The highest BCUT2D eigenvalue weighted by molar-refractivity contribution is 6.13. The summed E-state index contributed by atoms with van der Waals surface area (Å²) in [5, 5.41) is 10.7. The molecule has 1 aromatic heterocycles. The van der Waals surface area contributed by atoms with Crippen molar-refractivity contribution >= 4 is 22.6 Å². The van der Waals surface area contributed by atoms with E-state index in [1.54, 1.807) is 0 Å². The van der Waals surface area contributed by atoms with Crippen molar-refractivity contribution in [3.8, 4) is 0 Å². The minimum absolute atomic E-state index is 0.0298. The molecule has 2 atom stereocenters. The Bertz CT molecular complexity index is 1140. The third-order valence-electron chi connectivity index (χ3n) is 8.18. The zero-order chi connectivity index (χ0) is 24.4. The SMILES string of the molecule is CC[C@@]12C=C(C(=O)OCCCCCCCO[N+](=O)[O-])n3c4c(c5ccccc53)CCN(CCC1)[C@H]42. The molecule has 5 rings (SSSR count). The number of benzene rings is 1. The molecule has 3 aliphatic heterocycles. The fourth-order valence-corrected chi connectivity index (χ4v) is 6.54. The van der Waals surface area contributed by atoms with Gasteiger partial charge in [-0.3, -0.25) is 4.90 Å². The maximum atomic E-state index is 13.5. The van der Waals surface area contributed by atoms with Gasteiger partial charge in [-0.2, -0.15) is 0 Å². The first kappa shape index (κ1) is 23.9. The number of para-hydroxylation sites is 1. The van der Waals surface area contributed by atoms with Crippen LogP contribution in [-0.2, 0) is 20.8 Å². The number of esters is 1. The van der Waals surface area contributed by atoms with Crippen molar-refractivity contribution in [2.45, 2.75) is 70.8 Å². The van der Waals surface area contributed by atoms with E-state index < -0.39 is 5.09 Å². The number of aromatic nitrogens is 1. The molecule has 1 aromatic carbocycles. The number of rotatable bonds is 11. The first-order chi connectivity index (χ1) is 17.1. The lowest BCUT2D eigenvalue weighted by atomic mass is 9.66. The molecule has 0 amide bonds. The highest BCUT2D eigenvalue weighted by Gasteiger charge is 2.51. The first-order valence-electron chi connectivity index (χ1n) is 13.1. The molecule has 0 radical (unpaired) electrons. The van der Waals surface area contributed by atoms with E-state index in [9.17, 15) is 14.9 Å². The third kappa shape index (κ3) is 4.33. The summed E-state index contributed by atoms with van der Waals surface area (Å²) in [5.41, 5.74) is 4.47. The van der Waals surface area contributed by atoms with E-state index in [0.717, 1.165) is 70.0 Å². The number of hydrogen-bond donors (Lipinski definition) is 0. The molecule has 8 nitrogen and oxygen atoms in total. The Hall–Kier alpha value is -2.87. The minimum atomic E-state index is -0.750. The van der Waals surface area contributed by atoms with E-state index in [1.165, 1.54) is 16.6 Å². The molecule has 188 valence electrons. The second-order valence-electron chi connectivity index (χ2n) is 10.1. The molecule has 3 aliphatic rings. The van der Waals surface area contributed by atoms with Gasteiger partial charge in [0.1, 0.15) is 5.70 Å². The Morgan fingerprint density at radius 1 is 1.14 bits per heavy atom. The van der Waals surface area contributed by atoms with Gasteiger partial charge < -0.3 is 14.1 Å². The quantitative estimate of drug-likeness (QED) is 0.188. The van der Waals surface area contributed by atoms with Gasteiger partial charge in [-0.1, -0.05) is 44.4 Å². The summed E-state index contributed by atoms with van der Waals surface area (Å²) in [6, 6.07) is 8.80. The molecule has 2 aromatic rings. The van der Waals surface area contributed by atoms with E-state index in [0.29, 0.717) is 24.8 Å². The number of carbonyl (C=O) groups excluding carboxylic acids is 1. The van der Waals surface area contributed by atoms with E-state index in [2.05, 4.69) is 51.6 Å². The highest BCUT2D eigenvalue weighted by Crippen LogP contribution is 2.57. The lowest BCUT2D eigenvalue weighted by Crippen LogP contribution is -2.51. The van der Waals surface area contributed by atoms with Crippen molar-refractivity contribution in [2.75, 3.05) is 26.3 Å². The van der Waals surface area contributed by atoms with Crippen LogP contribution in [0, 0.1) is 15.5 Å². The van der Waals surface area contributed by atoms with Gasteiger partial charge in [-0.15, -0.1) is 10.1 Å². The van der Waals surface area contributed by atoms with Crippen molar-refractivity contribution in [3.05, 3.63) is 51.7 Å². The van der Waals surface area contributed by atoms with Crippen LogP contribution in [0.2, 0.25) is 0 Å². The van der Waals surface area contributed by atoms with Crippen molar-refractivity contribution in [2.24, 2.45) is 5.41 Å². The highest BCUT2D eigenvalue weighted by atomic mass is 16.9. The fourth-order valence-electron chi connectivity index (χ4n) is 6.54. The van der Waals surface area contributed by atoms with Crippen LogP contribution >= 0.6 is 0 Å². The van der Waals surface area contributed by atoms with Crippen molar-refractivity contribution in [1.82, 2.24) is 9.47 Å². The van der Waals surface area contributed by atoms with Crippen molar-refractivity contribution in [1.29, 1.82) is 0 Å². The van der Waals surface area contributed by atoms with Gasteiger partial charge in [0, 0.05) is 23.0 Å². The number of fused-ring (bicyclic) bond motifs is 3. The second-order valence-corrected chi connectivity index (χ2v) is 10.1. The van der Waals surface area contributed by atoms with Gasteiger partial charge in [0.25, 0.3) is 5.09 Å². The predicted molar refractivity (Wildman–Crippen MR) is 133 cm³/mol. The molecule has 0 saturated carbocycles. The van der Waals surface area contributed by atoms with E-state index in [-0.39, 0.29) is 18.0 Å². The first-order valence-corrected chi connectivity index (χ1v) is 13.1. The van der Waals surface area contributed by atoms with Crippen LogP contribution < -0.4 is 0 Å². The number of unbranched alkanes of at least 4 members (excludes halogenated alkanes) is 4. The molecule has 0 bridgehead atoms. The molecule has 0 unspecified atom stereocenters. The summed E-state index contributed by atoms with van der Waals surface area (Å²) < 4.78 is 8.02. The van der Waals surface area contributed by atoms with Gasteiger partial charge in [0.15, 0.2) is 0 Å². The van der Waals surface area contributed by atoms with Crippen LogP contribution in [0.25, 0.3) is 16.6 Å². The van der Waals surface area contributed by atoms with Gasteiger partial charge in [-0.25, -0.2) is 4.79 Å². The van der Waals surface area contributed by atoms with Crippen molar-refractivity contribution < 1.29 is 19.5 Å². The van der Waals surface area contributed by atoms with Crippen LogP contribution in [0.15, 0.2) is 30.3 Å². The normalized spacial score (nSPS) is 23.0. The molecule has 0 spiro atoms. The molecule has 0 aliphatic carbocycles. The molecular formula is C27H35N3O5.